The van der Waals surface area contributed by atoms with Crippen molar-refractivity contribution in [3.05, 3.63) is 29.8 Å². The molecule has 1 aromatic carbocycles. The minimum absolute atomic E-state index is 0.0267. The highest BCUT2D eigenvalue weighted by Crippen LogP contribution is 2.17. The number of rotatable bonds is 9. The van der Waals surface area contributed by atoms with Crippen LogP contribution >= 0.6 is 0 Å². The van der Waals surface area contributed by atoms with E-state index < -0.39 is 0 Å². The van der Waals surface area contributed by atoms with Gasteiger partial charge >= 0.3 is 0 Å². The maximum atomic E-state index is 5.81. The maximum Gasteiger partial charge on any atom is 0.119 e. The van der Waals surface area contributed by atoms with E-state index in [1.165, 1.54) is 0 Å². The lowest BCUT2D eigenvalue weighted by Gasteiger charge is -2.10. The van der Waals surface area contributed by atoms with Crippen LogP contribution < -0.4 is 10.5 Å². The van der Waals surface area contributed by atoms with Crippen LogP contribution in [0, 0.1) is 0 Å². The molecule has 0 spiro atoms. The highest BCUT2D eigenvalue weighted by molar-refractivity contribution is 5.30. The van der Waals surface area contributed by atoms with Gasteiger partial charge in [-0.3, -0.25) is 0 Å². The van der Waals surface area contributed by atoms with Crippen molar-refractivity contribution in [3.8, 4) is 5.75 Å². The summed E-state index contributed by atoms with van der Waals surface area (Å²) in [6, 6.07) is 7.87. The minimum Gasteiger partial charge on any atom is -0.491 e. The summed E-state index contributed by atoms with van der Waals surface area (Å²) in [5, 5.41) is 0. The Kier molecular flexibility index (Phi) is 7.41. The van der Waals surface area contributed by atoms with Crippen LogP contribution in [-0.2, 0) is 9.47 Å². The number of hydrogen-bond donors (Lipinski definition) is 1. The van der Waals surface area contributed by atoms with Gasteiger partial charge in [-0.05, 0) is 31.0 Å². The molecule has 0 aromatic heterocycles. The second-order valence-corrected chi connectivity index (χ2v) is 4.17. The Balaban J connectivity index is 2.17. The van der Waals surface area contributed by atoms with Crippen molar-refractivity contribution in [3.63, 3.8) is 0 Å². The van der Waals surface area contributed by atoms with Crippen LogP contribution in [0.25, 0.3) is 0 Å². The van der Waals surface area contributed by atoms with Gasteiger partial charge in [-0.25, -0.2) is 0 Å². The average Bonchev–Trinajstić information content (AvgIpc) is 2.38. The molecule has 1 atom stereocenters. The number of ether oxygens (including phenoxy) is 3. The quantitative estimate of drug-likeness (QED) is 0.685. The second-order valence-electron chi connectivity index (χ2n) is 4.17. The monoisotopic (exact) mass is 253 g/mol. The minimum atomic E-state index is 0.0267. The molecule has 1 rings (SSSR count). The third kappa shape index (κ3) is 6.00. The standard InChI is InChI=1S/C14H23NO3/c1-12(15)13-5-3-6-14(11-13)18-10-9-17-8-4-7-16-2/h3,5-6,11-12H,4,7-10,15H2,1-2H3/t12-/m0/s1. The third-order valence-corrected chi connectivity index (χ3v) is 2.52. The van der Waals surface area contributed by atoms with Crippen molar-refractivity contribution in [2.75, 3.05) is 33.5 Å². The molecule has 0 aliphatic rings. The first kappa shape index (κ1) is 15.0. The molecular weight excluding hydrogens is 230 g/mol. The molecule has 4 nitrogen and oxygen atoms in total. The SMILES string of the molecule is COCCCOCCOc1cccc([C@H](C)N)c1. The molecule has 0 unspecified atom stereocenters. The first-order valence-corrected chi connectivity index (χ1v) is 6.29. The maximum absolute atomic E-state index is 5.81. The fourth-order valence-electron chi connectivity index (χ4n) is 1.51. The van der Waals surface area contributed by atoms with E-state index in [-0.39, 0.29) is 6.04 Å². The van der Waals surface area contributed by atoms with Crippen LogP contribution in [0.15, 0.2) is 24.3 Å². The van der Waals surface area contributed by atoms with Gasteiger partial charge in [-0.2, -0.15) is 0 Å². The Morgan fingerprint density at radius 3 is 2.72 bits per heavy atom. The van der Waals surface area contributed by atoms with Crippen LogP contribution in [0.3, 0.4) is 0 Å². The summed E-state index contributed by atoms with van der Waals surface area (Å²) < 4.78 is 15.9. The molecule has 18 heavy (non-hydrogen) atoms. The Bertz CT molecular complexity index is 329. The van der Waals surface area contributed by atoms with Gasteiger partial charge in [0.05, 0.1) is 6.61 Å². The molecule has 1 aromatic rings. The van der Waals surface area contributed by atoms with Gasteiger partial charge in [-0.1, -0.05) is 12.1 Å². The Hall–Kier alpha value is -1.10. The lowest BCUT2D eigenvalue weighted by Crippen LogP contribution is -2.09. The Morgan fingerprint density at radius 2 is 2.00 bits per heavy atom. The van der Waals surface area contributed by atoms with E-state index in [0.29, 0.717) is 19.8 Å². The topological polar surface area (TPSA) is 53.7 Å². The largest absolute Gasteiger partial charge is 0.491 e. The summed E-state index contributed by atoms with van der Waals surface area (Å²) in [4.78, 5) is 0. The number of nitrogens with two attached hydrogens (primary N) is 1. The van der Waals surface area contributed by atoms with Crippen molar-refractivity contribution < 1.29 is 14.2 Å². The summed E-state index contributed by atoms with van der Waals surface area (Å²) in [5.74, 6) is 0.838. The summed E-state index contributed by atoms with van der Waals surface area (Å²) in [6.07, 6.45) is 0.913. The predicted octanol–water partition coefficient (Wildman–Crippen LogP) is 2.14. The van der Waals surface area contributed by atoms with Gasteiger partial charge in [0, 0.05) is 26.4 Å². The van der Waals surface area contributed by atoms with Crippen molar-refractivity contribution in [2.45, 2.75) is 19.4 Å². The van der Waals surface area contributed by atoms with Crippen LogP contribution in [-0.4, -0.2) is 33.5 Å². The van der Waals surface area contributed by atoms with Crippen molar-refractivity contribution in [2.24, 2.45) is 5.73 Å². The van der Waals surface area contributed by atoms with E-state index in [1.807, 2.05) is 31.2 Å². The van der Waals surface area contributed by atoms with E-state index >= 15 is 0 Å². The molecule has 0 radical (unpaired) electrons. The first-order valence-electron chi connectivity index (χ1n) is 6.29. The summed E-state index contributed by atoms with van der Waals surface area (Å²) in [7, 11) is 1.69. The van der Waals surface area contributed by atoms with Crippen molar-refractivity contribution in [1.82, 2.24) is 0 Å². The second kappa shape index (κ2) is 8.91. The molecule has 0 saturated carbocycles. The van der Waals surface area contributed by atoms with Crippen LogP contribution in [0.4, 0.5) is 0 Å². The van der Waals surface area contributed by atoms with E-state index in [4.69, 9.17) is 19.9 Å². The fourth-order valence-corrected chi connectivity index (χ4v) is 1.51. The van der Waals surface area contributed by atoms with Crippen molar-refractivity contribution >= 4 is 0 Å². The lowest BCUT2D eigenvalue weighted by molar-refractivity contribution is 0.0806. The van der Waals surface area contributed by atoms with Crippen LogP contribution in [0.1, 0.15) is 24.9 Å². The average molecular weight is 253 g/mol. The van der Waals surface area contributed by atoms with Crippen LogP contribution in [0.5, 0.6) is 5.75 Å². The predicted molar refractivity (Wildman–Crippen MR) is 71.9 cm³/mol. The molecule has 0 saturated heterocycles. The Morgan fingerprint density at radius 1 is 1.17 bits per heavy atom. The van der Waals surface area contributed by atoms with Gasteiger partial charge in [0.1, 0.15) is 12.4 Å². The summed E-state index contributed by atoms with van der Waals surface area (Å²) in [5.41, 5.74) is 6.89. The fraction of sp³-hybridized carbons (Fsp3) is 0.571. The normalized spacial score (nSPS) is 12.4. The molecule has 2 N–H and O–H groups in total. The molecular formula is C14H23NO3. The van der Waals surface area contributed by atoms with Crippen molar-refractivity contribution in [1.29, 1.82) is 0 Å². The van der Waals surface area contributed by atoms with Gasteiger partial charge < -0.3 is 19.9 Å². The zero-order valence-corrected chi connectivity index (χ0v) is 11.2. The number of benzene rings is 1. The van der Waals surface area contributed by atoms with Gasteiger partial charge in [-0.15, -0.1) is 0 Å². The van der Waals surface area contributed by atoms with E-state index in [0.717, 1.165) is 24.3 Å². The van der Waals surface area contributed by atoms with Gasteiger partial charge in [0.2, 0.25) is 0 Å². The summed E-state index contributed by atoms with van der Waals surface area (Å²) >= 11 is 0. The van der Waals surface area contributed by atoms with E-state index in [1.54, 1.807) is 7.11 Å². The molecule has 0 aliphatic heterocycles. The highest BCUT2D eigenvalue weighted by Gasteiger charge is 2.01. The molecule has 0 heterocycles. The summed E-state index contributed by atoms with van der Waals surface area (Å²) in [6.45, 7) is 4.54. The number of hydrogen-bond acceptors (Lipinski definition) is 4. The Labute approximate surface area is 109 Å². The number of methoxy groups -OCH3 is 1. The van der Waals surface area contributed by atoms with Gasteiger partial charge in [0.25, 0.3) is 0 Å². The smallest absolute Gasteiger partial charge is 0.119 e. The molecule has 0 amide bonds. The molecule has 0 bridgehead atoms. The lowest BCUT2D eigenvalue weighted by atomic mass is 10.1. The van der Waals surface area contributed by atoms with Gasteiger partial charge in [0.15, 0.2) is 0 Å². The molecule has 0 fully saturated rings. The third-order valence-electron chi connectivity index (χ3n) is 2.52. The molecule has 102 valence electrons. The first-order chi connectivity index (χ1) is 8.74. The molecule has 0 aliphatic carbocycles. The zero-order chi connectivity index (χ0) is 13.2. The van der Waals surface area contributed by atoms with Crippen LogP contribution in [0.2, 0.25) is 0 Å². The zero-order valence-electron chi connectivity index (χ0n) is 11.2. The molecule has 4 heteroatoms. The van der Waals surface area contributed by atoms with E-state index in [9.17, 15) is 0 Å². The highest BCUT2D eigenvalue weighted by atomic mass is 16.5. The van der Waals surface area contributed by atoms with E-state index in [2.05, 4.69) is 0 Å².